The fraction of sp³-hybridized carbons (Fsp3) is 0.435. The molecule has 32 heavy (non-hydrogen) atoms. The maximum Gasteiger partial charge on any atom is 0.237 e. The van der Waals surface area contributed by atoms with Crippen molar-refractivity contribution in [1.29, 1.82) is 0 Å². The zero-order chi connectivity index (χ0) is 22.7. The molecule has 9 heteroatoms. The fourth-order valence-electron chi connectivity index (χ4n) is 4.35. The molecule has 3 N–H and O–H groups in total. The number of ether oxygens (including phenoxy) is 1. The zero-order valence-electron chi connectivity index (χ0n) is 17.9. The minimum Gasteiger partial charge on any atom is -0.491 e. The standard InChI is InChI=1S/C23H28FN3O4S/c1-2-31-22-12-18(7-8-19(22)24)32(29,30)17-5-3-15(4-6-17)13-26-23(28)21-11-16-14-25-10-9-20(16)27-21/h3-8,12,16,20-21,25,27H,2,9-11,13-14H2,1H3,(H,26,28). The average molecular weight is 462 g/mol. The van der Waals surface area contributed by atoms with E-state index in [0.29, 0.717) is 18.5 Å². The van der Waals surface area contributed by atoms with Crippen molar-refractivity contribution in [1.82, 2.24) is 16.0 Å². The van der Waals surface area contributed by atoms with Gasteiger partial charge in [-0.05, 0) is 68.6 Å². The van der Waals surface area contributed by atoms with Crippen LogP contribution in [0.4, 0.5) is 4.39 Å². The van der Waals surface area contributed by atoms with Gasteiger partial charge in [-0.15, -0.1) is 0 Å². The minimum absolute atomic E-state index is 0.0355. The van der Waals surface area contributed by atoms with Gasteiger partial charge in [-0.1, -0.05) is 12.1 Å². The quantitative estimate of drug-likeness (QED) is 0.546. The third-order valence-electron chi connectivity index (χ3n) is 6.09. The number of fused-ring (bicyclic) bond motifs is 1. The Labute approximate surface area is 187 Å². The molecule has 3 atom stereocenters. The van der Waals surface area contributed by atoms with Crippen LogP contribution in [0.25, 0.3) is 0 Å². The number of piperidine rings is 1. The number of rotatable bonds is 7. The molecule has 2 aromatic carbocycles. The molecular weight excluding hydrogens is 433 g/mol. The van der Waals surface area contributed by atoms with E-state index in [-0.39, 0.29) is 34.1 Å². The van der Waals surface area contributed by atoms with Gasteiger partial charge in [0, 0.05) is 18.7 Å². The third kappa shape index (κ3) is 4.79. The van der Waals surface area contributed by atoms with Gasteiger partial charge in [-0.25, -0.2) is 12.8 Å². The van der Waals surface area contributed by atoms with Crippen molar-refractivity contribution in [2.45, 2.75) is 48.2 Å². The summed E-state index contributed by atoms with van der Waals surface area (Å²) in [7, 11) is -3.82. The number of carbonyl (C=O) groups is 1. The van der Waals surface area contributed by atoms with Crippen LogP contribution in [0.2, 0.25) is 0 Å². The third-order valence-corrected chi connectivity index (χ3v) is 7.86. The summed E-state index contributed by atoms with van der Waals surface area (Å²) >= 11 is 0. The van der Waals surface area contributed by atoms with Gasteiger partial charge in [0.2, 0.25) is 15.7 Å². The smallest absolute Gasteiger partial charge is 0.237 e. The fourth-order valence-corrected chi connectivity index (χ4v) is 5.63. The van der Waals surface area contributed by atoms with E-state index in [2.05, 4.69) is 16.0 Å². The molecule has 0 bridgehead atoms. The van der Waals surface area contributed by atoms with E-state index in [1.807, 2.05) is 0 Å². The van der Waals surface area contributed by atoms with E-state index in [9.17, 15) is 17.6 Å². The first-order chi connectivity index (χ1) is 15.4. The Balaban J connectivity index is 1.38. The highest BCUT2D eigenvalue weighted by molar-refractivity contribution is 7.91. The van der Waals surface area contributed by atoms with Crippen molar-refractivity contribution in [3.8, 4) is 5.75 Å². The molecule has 0 saturated carbocycles. The summed E-state index contributed by atoms with van der Waals surface area (Å²) in [6, 6.07) is 10.0. The van der Waals surface area contributed by atoms with Crippen LogP contribution in [0.3, 0.4) is 0 Å². The second-order valence-corrected chi connectivity index (χ2v) is 10.2. The second-order valence-electron chi connectivity index (χ2n) is 8.20. The van der Waals surface area contributed by atoms with Crippen LogP contribution in [0, 0.1) is 11.7 Å². The van der Waals surface area contributed by atoms with Crippen molar-refractivity contribution in [3.05, 3.63) is 53.8 Å². The molecule has 4 rings (SSSR count). The molecule has 2 heterocycles. The molecule has 0 radical (unpaired) electrons. The highest BCUT2D eigenvalue weighted by atomic mass is 32.2. The van der Waals surface area contributed by atoms with E-state index in [1.165, 1.54) is 24.3 Å². The number of halogens is 1. The number of benzene rings is 2. The van der Waals surface area contributed by atoms with Crippen molar-refractivity contribution in [2.24, 2.45) is 5.92 Å². The van der Waals surface area contributed by atoms with E-state index >= 15 is 0 Å². The summed E-state index contributed by atoms with van der Waals surface area (Å²) in [5, 5.41) is 9.73. The maximum atomic E-state index is 13.8. The summed E-state index contributed by atoms with van der Waals surface area (Å²) in [6.45, 7) is 4.16. The van der Waals surface area contributed by atoms with Crippen LogP contribution < -0.4 is 20.7 Å². The molecule has 0 aromatic heterocycles. The Morgan fingerprint density at radius 3 is 2.66 bits per heavy atom. The first-order valence-electron chi connectivity index (χ1n) is 10.9. The van der Waals surface area contributed by atoms with Crippen LogP contribution in [-0.4, -0.2) is 46.1 Å². The van der Waals surface area contributed by atoms with Gasteiger partial charge in [0.05, 0.1) is 22.4 Å². The molecule has 2 aromatic rings. The lowest BCUT2D eigenvalue weighted by Gasteiger charge is -2.25. The summed E-state index contributed by atoms with van der Waals surface area (Å²) in [5.41, 5.74) is 0.795. The van der Waals surface area contributed by atoms with Crippen molar-refractivity contribution >= 4 is 15.7 Å². The van der Waals surface area contributed by atoms with Crippen LogP contribution >= 0.6 is 0 Å². The summed E-state index contributed by atoms with van der Waals surface area (Å²) < 4.78 is 44.8. The Kier molecular flexibility index (Phi) is 6.78. The van der Waals surface area contributed by atoms with E-state index in [0.717, 1.165) is 37.6 Å². The van der Waals surface area contributed by atoms with E-state index in [1.54, 1.807) is 19.1 Å². The number of hydrogen-bond donors (Lipinski definition) is 3. The van der Waals surface area contributed by atoms with Crippen LogP contribution in [0.5, 0.6) is 5.75 Å². The number of sulfone groups is 1. The van der Waals surface area contributed by atoms with Crippen molar-refractivity contribution in [3.63, 3.8) is 0 Å². The number of amides is 1. The molecule has 2 fully saturated rings. The first-order valence-corrected chi connectivity index (χ1v) is 12.4. The number of hydrogen-bond acceptors (Lipinski definition) is 6. The average Bonchev–Trinajstić information content (AvgIpc) is 3.24. The normalized spacial score (nSPS) is 22.9. The molecular formula is C23H28FN3O4S. The largest absolute Gasteiger partial charge is 0.491 e. The molecule has 2 saturated heterocycles. The molecule has 172 valence electrons. The monoisotopic (exact) mass is 461 g/mol. The predicted molar refractivity (Wildman–Crippen MR) is 118 cm³/mol. The van der Waals surface area contributed by atoms with Gasteiger partial charge >= 0.3 is 0 Å². The molecule has 2 aliphatic rings. The topological polar surface area (TPSA) is 96.5 Å². The maximum absolute atomic E-state index is 13.8. The molecule has 7 nitrogen and oxygen atoms in total. The van der Waals surface area contributed by atoms with Gasteiger partial charge < -0.3 is 20.7 Å². The van der Waals surface area contributed by atoms with Gasteiger partial charge in [-0.2, -0.15) is 0 Å². The Bertz CT molecular complexity index is 1060. The van der Waals surface area contributed by atoms with Gasteiger partial charge in [-0.3, -0.25) is 4.79 Å². The predicted octanol–water partition coefficient (Wildman–Crippen LogP) is 2.01. The van der Waals surface area contributed by atoms with Crippen LogP contribution in [-0.2, 0) is 21.2 Å². The van der Waals surface area contributed by atoms with E-state index in [4.69, 9.17) is 4.74 Å². The van der Waals surface area contributed by atoms with E-state index < -0.39 is 15.7 Å². The lowest BCUT2D eigenvalue weighted by atomic mass is 9.94. The number of nitrogens with one attached hydrogen (secondary N) is 3. The molecule has 2 aliphatic heterocycles. The van der Waals surface area contributed by atoms with Crippen LogP contribution in [0.1, 0.15) is 25.3 Å². The molecule has 0 spiro atoms. The lowest BCUT2D eigenvalue weighted by Crippen LogP contribution is -2.45. The summed E-state index contributed by atoms with van der Waals surface area (Å²) in [4.78, 5) is 12.6. The van der Waals surface area contributed by atoms with Gasteiger partial charge in [0.25, 0.3) is 0 Å². The van der Waals surface area contributed by atoms with Gasteiger partial charge in [0.15, 0.2) is 11.6 Å². The highest BCUT2D eigenvalue weighted by Gasteiger charge is 2.38. The molecule has 1 amide bonds. The summed E-state index contributed by atoms with van der Waals surface area (Å²) in [6.07, 6.45) is 1.85. The number of carbonyl (C=O) groups excluding carboxylic acids is 1. The Hall–Kier alpha value is -2.49. The van der Waals surface area contributed by atoms with Crippen LogP contribution in [0.15, 0.2) is 52.3 Å². The lowest BCUT2D eigenvalue weighted by molar-refractivity contribution is -0.123. The second kappa shape index (κ2) is 9.56. The zero-order valence-corrected chi connectivity index (χ0v) is 18.8. The molecule has 0 aliphatic carbocycles. The van der Waals surface area contributed by atoms with Crippen molar-refractivity contribution < 1.29 is 22.3 Å². The molecule has 3 unspecified atom stereocenters. The Morgan fingerprint density at radius 2 is 1.94 bits per heavy atom. The van der Waals surface area contributed by atoms with Crippen molar-refractivity contribution in [2.75, 3.05) is 19.7 Å². The first kappa shape index (κ1) is 22.7. The highest BCUT2D eigenvalue weighted by Crippen LogP contribution is 2.27. The SMILES string of the molecule is CCOc1cc(S(=O)(=O)c2ccc(CNC(=O)C3CC4CNCCC4N3)cc2)ccc1F. The minimum atomic E-state index is -3.82. The Morgan fingerprint density at radius 1 is 1.19 bits per heavy atom. The van der Waals surface area contributed by atoms with Gasteiger partial charge in [0.1, 0.15) is 0 Å². The summed E-state index contributed by atoms with van der Waals surface area (Å²) in [5.74, 6) is -0.252.